The molecule has 0 aliphatic rings. The Kier molecular flexibility index (Phi) is 5.94. The summed E-state index contributed by atoms with van der Waals surface area (Å²) in [4.78, 5) is 25.0. The Hall–Kier alpha value is -4.06. The number of para-hydroxylation sites is 1. The van der Waals surface area contributed by atoms with E-state index in [0.717, 1.165) is 33.2 Å². The van der Waals surface area contributed by atoms with Gasteiger partial charge < -0.3 is 20.4 Å². The normalized spacial score (nSPS) is 10.7. The summed E-state index contributed by atoms with van der Waals surface area (Å²) in [6.45, 7) is 5.98. The Morgan fingerprint density at radius 2 is 1.50 bits per heavy atom. The van der Waals surface area contributed by atoms with Crippen molar-refractivity contribution in [3.8, 4) is 0 Å². The Morgan fingerprint density at radius 3 is 2.28 bits per heavy atom. The number of benzene rings is 3. The third kappa shape index (κ3) is 4.81. The molecule has 0 atom stereocenters. The van der Waals surface area contributed by atoms with Crippen LogP contribution in [0.2, 0.25) is 0 Å². The fourth-order valence-corrected chi connectivity index (χ4v) is 3.49. The number of carbonyl (C=O) groups excluding carboxylic acids is 2. The van der Waals surface area contributed by atoms with E-state index in [-0.39, 0.29) is 18.4 Å². The Labute approximate surface area is 186 Å². The molecule has 1 aromatic heterocycles. The van der Waals surface area contributed by atoms with E-state index < -0.39 is 0 Å². The molecule has 0 bridgehead atoms. The lowest BCUT2D eigenvalue weighted by molar-refractivity contribution is -0.115. The predicted molar refractivity (Wildman–Crippen MR) is 128 cm³/mol. The van der Waals surface area contributed by atoms with Crippen molar-refractivity contribution in [2.45, 2.75) is 27.2 Å². The molecule has 3 aromatic carbocycles. The lowest BCUT2D eigenvalue weighted by Gasteiger charge is -2.12. The number of hydrogen-bond acceptors (Lipinski definition) is 3. The zero-order valence-electron chi connectivity index (χ0n) is 18.3. The summed E-state index contributed by atoms with van der Waals surface area (Å²) >= 11 is 0. The van der Waals surface area contributed by atoms with Crippen LogP contribution in [0.4, 0.5) is 21.9 Å². The number of anilines is 3. The van der Waals surface area contributed by atoms with Gasteiger partial charge in [-0.3, -0.25) is 4.79 Å². The summed E-state index contributed by atoms with van der Waals surface area (Å²) in [6, 6.07) is 18.3. The first-order chi connectivity index (χ1) is 15.4. The number of hydrogen-bond donors (Lipinski definition) is 3. The van der Waals surface area contributed by atoms with Crippen molar-refractivity contribution in [2.75, 3.05) is 16.0 Å². The number of rotatable bonds is 5. The third-order valence-electron chi connectivity index (χ3n) is 5.42. The summed E-state index contributed by atoms with van der Waals surface area (Å²) in [7, 11) is 0. The molecule has 0 aliphatic carbocycles. The molecule has 4 aromatic rings. The summed E-state index contributed by atoms with van der Waals surface area (Å²) in [5.74, 6) is -0.153. The molecular weight excluding hydrogens is 402 g/mol. The minimum atomic E-state index is -0.354. The minimum absolute atomic E-state index is 0.153. The van der Waals surface area contributed by atoms with Crippen LogP contribution in [-0.2, 0) is 11.2 Å². The lowest BCUT2D eigenvalue weighted by atomic mass is 10.0. The summed E-state index contributed by atoms with van der Waals surface area (Å²) in [5.41, 5.74) is 6.76. The van der Waals surface area contributed by atoms with Gasteiger partial charge in [0.2, 0.25) is 5.91 Å². The van der Waals surface area contributed by atoms with Gasteiger partial charge in [-0.25, -0.2) is 4.79 Å². The lowest BCUT2D eigenvalue weighted by Crippen LogP contribution is -2.20. The highest BCUT2D eigenvalue weighted by molar-refractivity contribution is 6.01. The number of furan rings is 1. The van der Waals surface area contributed by atoms with Gasteiger partial charge in [-0.15, -0.1) is 0 Å². The van der Waals surface area contributed by atoms with E-state index in [2.05, 4.69) is 22.0 Å². The van der Waals surface area contributed by atoms with E-state index in [1.54, 1.807) is 18.4 Å². The van der Waals surface area contributed by atoms with E-state index in [4.69, 9.17) is 4.42 Å². The van der Waals surface area contributed by atoms with Gasteiger partial charge in [-0.1, -0.05) is 24.3 Å². The summed E-state index contributed by atoms with van der Waals surface area (Å²) in [5, 5.41) is 9.47. The molecule has 3 N–H and O–H groups in total. The van der Waals surface area contributed by atoms with Gasteiger partial charge in [-0.2, -0.15) is 0 Å². The van der Waals surface area contributed by atoms with E-state index in [9.17, 15) is 9.59 Å². The molecule has 32 heavy (non-hydrogen) atoms. The molecular formula is C26H25N3O3. The van der Waals surface area contributed by atoms with Crippen LogP contribution in [0.3, 0.4) is 0 Å². The van der Waals surface area contributed by atoms with Crippen molar-refractivity contribution >= 4 is 40.0 Å². The Morgan fingerprint density at radius 1 is 0.781 bits per heavy atom. The van der Waals surface area contributed by atoms with Crippen LogP contribution in [0.25, 0.3) is 11.0 Å². The van der Waals surface area contributed by atoms with Crippen LogP contribution in [0.1, 0.15) is 22.3 Å². The fourth-order valence-electron chi connectivity index (χ4n) is 3.49. The highest BCUT2D eigenvalue weighted by atomic mass is 16.3. The maximum atomic E-state index is 12.7. The van der Waals surface area contributed by atoms with Gasteiger partial charge in [0.15, 0.2) is 0 Å². The van der Waals surface area contributed by atoms with Crippen LogP contribution in [-0.4, -0.2) is 11.9 Å². The zero-order valence-corrected chi connectivity index (χ0v) is 18.3. The van der Waals surface area contributed by atoms with Crippen LogP contribution < -0.4 is 16.0 Å². The van der Waals surface area contributed by atoms with Crippen molar-refractivity contribution in [1.82, 2.24) is 0 Å². The number of amides is 3. The molecule has 0 spiro atoms. The first-order valence-electron chi connectivity index (χ1n) is 10.4. The number of urea groups is 1. The average Bonchev–Trinajstić information content (AvgIpc) is 3.12. The third-order valence-corrected chi connectivity index (χ3v) is 5.42. The van der Waals surface area contributed by atoms with Gasteiger partial charge in [-0.05, 0) is 73.9 Å². The first kappa shape index (κ1) is 21.2. The van der Waals surface area contributed by atoms with Crippen molar-refractivity contribution < 1.29 is 14.0 Å². The molecule has 162 valence electrons. The first-order valence-corrected chi connectivity index (χ1v) is 10.4. The molecule has 0 saturated carbocycles. The van der Waals surface area contributed by atoms with Crippen LogP contribution in [0.15, 0.2) is 71.3 Å². The Bertz CT molecular complexity index is 1290. The predicted octanol–water partition coefficient (Wildman–Crippen LogP) is 6.18. The van der Waals surface area contributed by atoms with Crippen LogP contribution in [0, 0.1) is 20.8 Å². The second-order valence-corrected chi connectivity index (χ2v) is 7.89. The largest absolute Gasteiger partial charge is 0.464 e. The van der Waals surface area contributed by atoms with E-state index in [1.807, 2.05) is 63.2 Å². The number of aryl methyl sites for hydroxylation is 3. The summed E-state index contributed by atoms with van der Waals surface area (Å²) in [6.07, 6.45) is 1.84. The second kappa shape index (κ2) is 8.98. The molecule has 6 nitrogen and oxygen atoms in total. The molecule has 1 heterocycles. The quantitative estimate of drug-likeness (QED) is 0.355. The van der Waals surface area contributed by atoms with Gasteiger partial charge in [0.05, 0.1) is 12.7 Å². The maximum absolute atomic E-state index is 12.7. The number of nitrogens with one attached hydrogen (secondary N) is 3. The minimum Gasteiger partial charge on any atom is -0.464 e. The zero-order chi connectivity index (χ0) is 22.7. The molecule has 0 fully saturated rings. The number of carbonyl (C=O) groups is 2. The Balaban J connectivity index is 1.44. The van der Waals surface area contributed by atoms with Crippen molar-refractivity contribution in [1.29, 1.82) is 0 Å². The molecule has 0 radical (unpaired) electrons. The standard InChI is InChI=1S/C26H25N3O3/c1-16-9-10-21(28-26(31)27-20-7-5-4-6-8-20)14-23(16)29-25(30)13-19-15-32-24-12-18(3)17(2)11-22(19)24/h4-12,14-15H,13H2,1-3H3,(H,29,30)(H2,27,28,31). The smallest absolute Gasteiger partial charge is 0.323 e. The van der Waals surface area contributed by atoms with Crippen molar-refractivity contribution in [3.63, 3.8) is 0 Å². The highest BCUT2D eigenvalue weighted by Crippen LogP contribution is 2.26. The monoisotopic (exact) mass is 427 g/mol. The van der Waals surface area contributed by atoms with Crippen molar-refractivity contribution in [2.24, 2.45) is 0 Å². The van der Waals surface area contributed by atoms with E-state index >= 15 is 0 Å². The molecule has 0 aliphatic heterocycles. The fraction of sp³-hybridized carbons (Fsp3) is 0.154. The van der Waals surface area contributed by atoms with Crippen LogP contribution in [0.5, 0.6) is 0 Å². The maximum Gasteiger partial charge on any atom is 0.323 e. The molecule has 0 saturated heterocycles. The topological polar surface area (TPSA) is 83.4 Å². The van der Waals surface area contributed by atoms with Crippen molar-refractivity contribution in [3.05, 3.63) is 89.2 Å². The van der Waals surface area contributed by atoms with Crippen LogP contribution >= 0.6 is 0 Å². The summed E-state index contributed by atoms with van der Waals surface area (Å²) < 4.78 is 5.64. The van der Waals surface area contributed by atoms with Gasteiger partial charge in [0.1, 0.15) is 5.58 Å². The molecule has 3 amide bonds. The molecule has 6 heteroatoms. The number of fused-ring (bicyclic) bond motifs is 1. The van der Waals surface area contributed by atoms with E-state index in [1.165, 1.54) is 0 Å². The second-order valence-electron chi connectivity index (χ2n) is 7.89. The SMILES string of the molecule is Cc1cc2occ(CC(=O)Nc3cc(NC(=O)Nc4ccccc4)ccc3C)c2cc1C. The average molecular weight is 428 g/mol. The van der Waals surface area contributed by atoms with Gasteiger partial charge in [0, 0.05) is 28.0 Å². The van der Waals surface area contributed by atoms with Gasteiger partial charge in [0.25, 0.3) is 0 Å². The highest BCUT2D eigenvalue weighted by Gasteiger charge is 2.13. The van der Waals surface area contributed by atoms with E-state index in [0.29, 0.717) is 17.1 Å². The molecule has 0 unspecified atom stereocenters. The van der Waals surface area contributed by atoms with Gasteiger partial charge >= 0.3 is 6.03 Å². The molecule has 4 rings (SSSR count).